The van der Waals surface area contributed by atoms with Gasteiger partial charge in [-0.25, -0.2) is 24.2 Å². The van der Waals surface area contributed by atoms with Crippen LogP contribution in [0.2, 0.25) is 0 Å². The average Bonchev–Trinajstić information content (AvgIpc) is 3.60. The summed E-state index contributed by atoms with van der Waals surface area (Å²) >= 11 is 0. The normalized spacial score (nSPS) is 20.6. The van der Waals surface area contributed by atoms with Crippen LogP contribution < -0.4 is 19.9 Å². The molecule has 11 nitrogen and oxygen atoms in total. The highest BCUT2D eigenvalue weighted by molar-refractivity contribution is 6.03. The number of terminal acetylenes is 1. The van der Waals surface area contributed by atoms with Crippen molar-refractivity contribution >= 4 is 27.5 Å². The van der Waals surface area contributed by atoms with Crippen LogP contribution in [0.1, 0.15) is 56.2 Å². The second-order valence-electron chi connectivity index (χ2n) is 13.8. The summed E-state index contributed by atoms with van der Waals surface area (Å²) in [4.78, 5) is 23.2. The van der Waals surface area contributed by atoms with Gasteiger partial charge in [-0.1, -0.05) is 18.4 Å². The second-order valence-corrected chi connectivity index (χ2v) is 13.8. The molecule has 2 N–H and O–H groups in total. The lowest BCUT2D eigenvalue weighted by Crippen LogP contribution is -2.48. The van der Waals surface area contributed by atoms with Gasteiger partial charge in [0.25, 0.3) is 0 Å². The molecule has 2 unspecified atom stereocenters. The van der Waals surface area contributed by atoms with Crippen LogP contribution in [-0.2, 0) is 6.18 Å². The molecule has 0 aliphatic carbocycles. The van der Waals surface area contributed by atoms with E-state index in [0.717, 1.165) is 57.5 Å². The van der Waals surface area contributed by atoms with E-state index >= 15 is 4.39 Å². The highest BCUT2D eigenvalue weighted by Gasteiger charge is 2.50. The topological polar surface area (TPSA) is 122 Å². The SMILES string of the molecule is C#Cc1c(F)ccc2cc(O)cc(-c3ncc4c(N5CCCCCN5)nc(OCC56CCCN5C(COc5cc(C(F)(F)F)ncn5)CC6)nc4c3F)c12. The average molecular weight is 747 g/mol. The van der Waals surface area contributed by atoms with Crippen molar-refractivity contribution in [2.75, 3.05) is 37.9 Å². The molecule has 0 bridgehead atoms. The molecule has 0 saturated carbocycles. The van der Waals surface area contributed by atoms with Crippen LogP contribution in [0.15, 0.2) is 42.9 Å². The van der Waals surface area contributed by atoms with Crippen molar-refractivity contribution in [1.82, 2.24) is 35.2 Å². The molecule has 3 aromatic heterocycles. The Labute approximate surface area is 306 Å². The molecule has 280 valence electrons. The first-order chi connectivity index (χ1) is 26.0. The van der Waals surface area contributed by atoms with Gasteiger partial charge in [0.1, 0.15) is 42.3 Å². The summed E-state index contributed by atoms with van der Waals surface area (Å²) in [5.74, 6) is 0.904. The molecular formula is C38H35F5N8O3. The number of ether oxygens (including phenoxy) is 2. The first-order valence-electron chi connectivity index (χ1n) is 17.8. The zero-order valence-electron chi connectivity index (χ0n) is 29.0. The van der Waals surface area contributed by atoms with Gasteiger partial charge in [0.2, 0.25) is 5.88 Å². The Morgan fingerprint density at radius 3 is 2.70 bits per heavy atom. The number of alkyl halides is 3. The summed E-state index contributed by atoms with van der Waals surface area (Å²) < 4.78 is 83.5. The van der Waals surface area contributed by atoms with Crippen LogP contribution >= 0.6 is 0 Å². The molecular weight excluding hydrogens is 711 g/mol. The van der Waals surface area contributed by atoms with E-state index in [1.807, 2.05) is 5.01 Å². The maximum Gasteiger partial charge on any atom is 0.433 e. The zero-order valence-corrected chi connectivity index (χ0v) is 29.0. The highest BCUT2D eigenvalue weighted by Crippen LogP contribution is 2.44. The monoisotopic (exact) mass is 746 g/mol. The molecule has 3 fully saturated rings. The van der Waals surface area contributed by atoms with Gasteiger partial charge < -0.3 is 14.6 Å². The van der Waals surface area contributed by atoms with E-state index in [-0.39, 0.29) is 64.6 Å². The molecule has 6 heterocycles. The number of pyridine rings is 1. The predicted molar refractivity (Wildman–Crippen MR) is 189 cm³/mol. The number of anilines is 1. The minimum absolute atomic E-state index is 0.0580. The third-order valence-corrected chi connectivity index (χ3v) is 10.6. The molecule has 3 aliphatic rings. The summed E-state index contributed by atoms with van der Waals surface area (Å²) in [5.41, 5.74) is 1.61. The van der Waals surface area contributed by atoms with E-state index < -0.39 is 29.0 Å². The largest absolute Gasteiger partial charge is 0.508 e. The molecule has 3 aliphatic heterocycles. The van der Waals surface area contributed by atoms with Gasteiger partial charge in [-0.3, -0.25) is 14.9 Å². The smallest absolute Gasteiger partial charge is 0.433 e. The van der Waals surface area contributed by atoms with Gasteiger partial charge in [-0.15, -0.1) is 6.42 Å². The minimum Gasteiger partial charge on any atom is -0.508 e. The fourth-order valence-electron chi connectivity index (χ4n) is 8.02. The molecule has 0 spiro atoms. The number of halogens is 5. The summed E-state index contributed by atoms with van der Waals surface area (Å²) in [5, 5.41) is 13.4. The highest BCUT2D eigenvalue weighted by atomic mass is 19.4. The number of hydrogen-bond donors (Lipinski definition) is 2. The van der Waals surface area contributed by atoms with Crippen molar-refractivity contribution in [3.63, 3.8) is 0 Å². The number of nitrogens with zero attached hydrogens (tertiary/aromatic N) is 7. The number of aromatic hydroxyl groups is 1. The van der Waals surface area contributed by atoms with Crippen LogP contribution in [0, 0.1) is 24.0 Å². The lowest BCUT2D eigenvalue weighted by atomic mass is 9.95. The van der Waals surface area contributed by atoms with E-state index in [0.29, 0.717) is 36.1 Å². The van der Waals surface area contributed by atoms with E-state index in [9.17, 15) is 22.7 Å². The quantitative estimate of drug-likeness (QED) is 0.133. The third kappa shape index (κ3) is 6.55. The van der Waals surface area contributed by atoms with Crippen LogP contribution in [0.4, 0.5) is 27.8 Å². The number of rotatable bonds is 8. The third-order valence-electron chi connectivity index (χ3n) is 10.6. The first kappa shape index (κ1) is 35.6. The maximum atomic E-state index is 16.9. The molecule has 5 aromatic rings. The summed E-state index contributed by atoms with van der Waals surface area (Å²) in [6.45, 7) is 2.31. The van der Waals surface area contributed by atoms with E-state index in [1.54, 1.807) is 0 Å². The number of hydrogen-bond acceptors (Lipinski definition) is 11. The Morgan fingerprint density at radius 1 is 1.00 bits per heavy atom. The zero-order chi connectivity index (χ0) is 37.6. The number of phenols is 1. The molecule has 54 heavy (non-hydrogen) atoms. The summed E-state index contributed by atoms with van der Waals surface area (Å²) in [7, 11) is 0. The lowest BCUT2D eigenvalue weighted by molar-refractivity contribution is -0.141. The van der Waals surface area contributed by atoms with Crippen molar-refractivity contribution in [3.8, 4) is 41.2 Å². The van der Waals surface area contributed by atoms with Crippen LogP contribution in [0.5, 0.6) is 17.6 Å². The van der Waals surface area contributed by atoms with Gasteiger partial charge in [-0.2, -0.15) is 23.1 Å². The van der Waals surface area contributed by atoms with E-state index in [2.05, 4.69) is 36.2 Å². The van der Waals surface area contributed by atoms with Crippen molar-refractivity contribution in [2.24, 2.45) is 0 Å². The Kier molecular flexibility index (Phi) is 9.31. The molecule has 2 atom stereocenters. The Morgan fingerprint density at radius 2 is 1.87 bits per heavy atom. The molecule has 16 heteroatoms. The second kappa shape index (κ2) is 14.1. The van der Waals surface area contributed by atoms with Crippen molar-refractivity contribution in [1.29, 1.82) is 0 Å². The van der Waals surface area contributed by atoms with Crippen LogP contribution in [0.3, 0.4) is 0 Å². The summed E-state index contributed by atoms with van der Waals surface area (Å²) in [6.07, 6.45) is 9.28. The van der Waals surface area contributed by atoms with Gasteiger partial charge in [0.05, 0.1) is 16.5 Å². The number of phenolic OH excluding ortho intramolecular Hbond substituents is 1. The van der Waals surface area contributed by atoms with Gasteiger partial charge in [0.15, 0.2) is 17.3 Å². The number of benzene rings is 2. The van der Waals surface area contributed by atoms with Crippen LogP contribution in [0.25, 0.3) is 32.9 Å². The summed E-state index contributed by atoms with van der Waals surface area (Å²) in [6, 6.07) is 5.99. The minimum atomic E-state index is -4.62. The lowest BCUT2D eigenvalue weighted by Gasteiger charge is -2.34. The fourth-order valence-corrected chi connectivity index (χ4v) is 8.02. The number of fused-ring (bicyclic) bond motifs is 3. The molecule has 2 aromatic carbocycles. The number of hydrazine groups is 1. The number of aromatic nitrogens is 5. The Bertz CT molecular complexity index is 2280. The molecule has 3 saturated heterocycles. The first-order valence-corrected chi connectivity index (χ1v) is 17.8. The van der Waals surface area contributed by atoms with Crippen molar-refractivity contribution in [3.05, 3.63) is 65.7 Å². The van der Waals surface area contributed by atoms with Crippen molar-refractivity contribution in [2.45, 2.75) is 62.7 Å². The van der Waals surface area contributed by atoms with Gasteiger partial charge in [0, 0.05) is 42.3 Å². The van der Waals surface area contributed by atoms with E-state index in [1.165, 1.54) is 30.5 Å². The fraction of sp³-hybridized carbons (Fsp3) is 0.395. The molecule has 8 rings (SSSR count). The van der Waals surface area contributed by atoms with Crippen LogP contribution in [-0.4, -0.2) is 79.4 Å². The predicted octanol–water partition coefficient (Wildman–Crippen LogP) is 6.57. The van der Waals surface area contributed by atoms with Gasteiger partial charge in [-0.05, 0) is 68.7 Å². The number of nitrogens with one attached hydrogen (secondary N) is 1. The molecule has 0 amide bonds. The van der Waals surface area contributed by atoms with Gasteiger partial charge >= 0.3 is 12.2 Å². The standard InChI is InChI=1S/C38H35F5N8O3/c1-2-25-28(39)8-7-22-15-24(52)16-26(31(22)25)33-32(40)34-27(18-44-33)35(51-14-5-3-4-12-47-51)49-36(48-34)54-20-37-10-6-13-50(37)23(9-11-37)19-53-30-17-29(38(41,42)43)45-21-46-30/h1,7-8,15-18,21,23,47,52H,3-6,9-14,19-20H2. The van der Waals surface area contributed by atoms with Crippen molar-refractivity contribution < 1.29 is 36.5 Å². The van der Waals surface area contributed by atoms with E-state index in [4.69, 9.17) is 20.9 Å². The Balaban J connectivity index is 1.12. The molecule has 0 radical (unpaired) electrons. The Hall–Kier alpha value is -5.40. The maximum absolute atomic E-state index is 16.9.